The van der Waals surface area contributed by atoms with Crippen LogP contribution >= 0.6 is 0 Å². The highest BCUT2D eigenvalue weighted by atomic mass is 14.9. The fourth-order valence-electron chi connectivity index (χ4n) is 1.77. The van der Waals surface area contributed by atoms with Gasteiger partial charge in [0.1, 0.15) is 0 Å². The minimum atomic E-state index is 0.750. The van der Waals surface area contributed by atoms with Crippen molar-refractivity contribution in [3.05, 3.63) is 0 Å². The number of nitrogens with two attached hydrogens (primary N) is 1. The second-order valence-corrected chi connectivity index (χ2v) is 3.20. The van der Waals surface area contributed by atoms with E-state index in [-0.39, 0.29) is 0 Å². The van der Waals surface area contributed by atoms with Gasteiger partial charge < -0.3 is 11.1 Å². The standard InChI is InChI=1S/C8H18N2/c1-2-3-7-5-10-6-8(7)4-9/h7-8,10H,2-6,9H2,1H3. The Bertz CT molecular complexity index is 93.3. The minimum absolute atomic E-state index is 0.750. The maximum Gasteiger partial charge on any atom is -0.000520 e. The Morgan fingerprint density at radius 2 is 2.10 bits per heavy atom. The first-order valence-corrected chi connectivity index (χ1v) is 4.29. The van der Waals surface area contributed by atoms with Crippen LogP contribution in [-0.4, -0.2) is 19.6 Å². The summed E-state index contributed by atoms with van der Waals surface area (Å²) < 4.78 is 0. The normalized spacial score (nSPS) is 33.0. The molecule has 10 heavy (non-hydrogen) atoms. The van der Waals surface area contributed by atoms with E-state index in [4.69, 9.17) is 5.73 Å². The first-order chi connectivity index (χ1) is 4.88. The van der Waals surface area contributed by atoms with Gasteiger partial charge in [-0.15, -0.1) is 0 Å². The van der Waals surface area contributed by atoms with E-state index in [1.54, 1.807) is 0 Å². The molecule has 0 aromatic carbocycles. The highest BCUT2D eigenvalue weighted by Gasteiger charge is 2.24. The average Bonchev–Trinajstić information content (AvgIpc) is 2.36. The Morgan fingerprint density at radius 1 is 1.40 bits per heavy atom. The van der Waals surface area contributed by atoms with Crippen molar-refractivity contribution < 1.29 is 0 Å². The lowest BCUT2D eigenvalue weighted by atomic mass is 9.92. The van der Waals surface area contributed by atoms with E-state index in [0.29, 0.717) is 0 Å². The molecule has 0 aromatic rings. The highest BCUT2D eigenvalue weighted by Crippen LogP contribution is 2.19. The Balaban J connectivity index is 2.27. The van der Waals surface area contributed by atoms with Gasteiger partial charge in [0.25, 0.3) is 0 Å². The van der Waals surface area contributed by atoms with E-state index in [2.05, 4.69) is 12.2 Å². The van der Waals surface area contributed by atoms with E-state index >= 15 is 0 Å². The van der Waals surface area contributed by atoms with Gasteiger partial charge in [-0.25, -0.2) is 0 Å². The molecule has 60 valence electrons. The van der Waals surface area contributed by atoms with Crippen LogP contribution in [0.5, 0.6) is 0 Å². The summed E-state index contributed by atoms with van der Waals surface area (Å²) in [5.41, 5.74) is 5.61. The summed E-state index contributed by atoms with van der Waals surface area (Å²) >= 11 is 0. The van der Waals surface area contributed by atoms with Crippen LogP contribution in [0.3, 0.4) is 0 Å². The van der Waals surface area contributed by atoms with Gasteiger partial charge >= 0.3 is 0 Å². The molecule has 1 rings (SSSR count). The van der Waals surface area contributed by atoms with Crippen LogP contribution in [0.1, 0.15) is 19.8 Å². The fourth-order valence-corrected chi connectivity index (χ4v) is 1.77. The van der Waals surface area contributed by atoms with Crippen molar-refractivity contribution >= 4 is 0 Å². The molecule has 2 nitrogen and oxygen atoms in total. The zero-order valence-electron chi connectivity index (χ0n) is 6.77. The maximum atomic E-state index is 5.61. The van der Waals surface area contributed by atoms with Crippen molar-refractivity contribution in [3.63, 3.8) is 0 Å². The molecule has 0 aliphatic carbocycles. The molecule has 0 bridgehead atoms. The zero-order valence-corrected chi connectivity index (χ0v) is 6.77. The minimum Gasteiger partial charge on any atom is -0.330 e. The van der Waals surface area contributed by atoms with Gasteiger partial charge in [-0.05, 0) is 37.9 Å². The van der Waals surface area contributed by atoms with E-state index in [1.165, 1.54) is 19.4 Å². The first-order valence-electron chi connectivity index (χ1n) is 4.29. The van der Waals surface area contributed by atoms with Gasteiger partial charge in [-0.1, -0.05) is 13.3 Å². The average molecular weight is 142 g/mol. The van der Waals surface area contributed by atoms with Crippen molar-refractivity contribution in [2.24, 2.45) is 17.6 Å². The van der Waals surface area contributed by atoms with Gasteiger partial charge in [0, 0.05) is 0 Å². The van der Waals surface area contributed by atoms with Crippen LogP contribution < -0.4 is 11.1 Å². The summed E-state index contributed by atoms with van der Waals surface area (Å²) in [5.74, 6) is 1.61. The second kappa shape index (κ2) is 3.94. The SMILES string of the molecule is CCCC1CNCC1CN. The number of hydrogen-bond donors (Lipinski definition) is 2. The van der Waals surface area contributed by atoms with Gasteiger partial charge in [0.05, 0.1) is 0 Å². The molecule has 0 radical (unpaired) electrons. The third kappa shape index (κ3) is 1.70. The summed E-state index contributed by atoms with van der Waals surface area (Å²) in [6, 6.07) is 0. The second-order valence-electron chi connectivity index (χ2n) is 3.20. The molecular weight excluding hydrogens is 124 g/mol. The van der Waals surface area contributed by atoms with E-state index in [0.717, 1.165) is 24.9 Å². The molecule has 1 fully saturated rings. The van der Waals surface area contributed by atoms with Gasteiger partial charge in [0.2, 0.25) is 0 Å². The smallest absolute Gasteiger partial charge is 0.000520 e. The van der Waals surface area contributed by atoms with Gasteiger partial charge in [-0.2, -0.15) is 0 Å². The predicted octanol–water partition coefficient (Wildman–Crippen LogP) is 0.581. The molecule has 0 saturated carbocycles. The van der Waals surface area contributed by atoms with E-state index < -0.39 is 0 Å². The molecule has 0 amide bonds. The Kier molecular flexibility index (Phi) is 3.16. The lowest BCUT2D eigenvalue weighted by Crippen LogP contribution is -2.21. The molecule has 1 aliphatic heterocycles. The monoisotopic (exact) mass is 142 g/mol. The first kappa shape index (κ1) is 8.02. The van der Waals surface area contributed by atoms with Crippen LogP contribution in [0, 0.1) is 11.8 Å². The Morgan fingerprint density at radius 3 is 2.70 bits per heavy atom. The molecule has 1 heterocycles. The van der Waals surface area contributed by atoms with Crippen molar-refractivity contribution in [1.29, 1.82) is 0 Å². The summed E-state index contributed by atoms with van der Waals surface area (Å²) in [5, 5.41) is 3.38. The van der Waals surface area contributed by atoms with Gasteiger partial charge in [0.15, 0.2) is 0 Å². The summed E-state index contributed by atoms with van der Waals surface area (Å²) in [4.78, 5) is 0. The summed E-state index contributed by atoms with van der Waals surface area (Å²) in [7, 11) is 0. The molecule has 2 atom stereocenters. The molecule has 0 aromatic heterocycles. The van der Waals surface area contributed by atoms with Crippen LogP contribution in [0.4, 0.5) is 0 Å². The molecule has 1 saturated heterocycles. The lowest BCUT2D eigenvalue weighted by molar-refractivity contribution is 0.398. The largest absolute Gasteiger partial charge is 0.330 e. The summed E-state index contributed by atoms with van der Waals surface area (Å²) in [6.45, 7) is 5.43. The van der Waals surface area contributed by atoms with Gasteiger partial charge in [-0.3, -0.25) is 0 Å². The van der Waals surface area contributed by atoms with E-state index in [9.17, 15) is 0 Å². The molecule has 2 heteroatoms. The molecular formula is C8H18N2. The number of rotatable bonds is 3. The van der Waals surface area contributed by atoms with Crippen molar-refractivity contribution in [3.8, 4) is 0 Å². The fraction of sp³-hybridized carbons (Fsp3) is 1.00. The maximum absolute atomic E-state index is 5.61. The highest BCUT2D eigenvalue weighted by molar-refractivity contribution is 4.80. The number of hydrogen-bond acceptors (Lipinski definition) is 2. The van der Waals surface area contributed by atoms with Crippen molar-refractivity contribution in [2.75, 3.05) is 19.6 Å². The van der Waals surface area contributed by atoms with Crippen molar-refractivity contribution in [1.82, 2.24) is 5.32 Å². The molecule has 1 aliphatic rings. The Labute approximate surface area is 63.2 Å². The van der Waals surface area contributed by atoms with Crippen LogP contribution in [0.25, 0.3) is 0 Å². The van der Waals surface area contributed by atoms with E-state index in [1.807, 2.05) is 0 Å². The zero-order chi connectivity index (χ0) is 7.40. The topological polar surface area (TPSA) is 38.0 Å². The third-order valence-corrected chi connectivity index (χ3v) is 2.44. The number of nitrogens with one attached hydrogen (secondary N) is 1. The summed E-state index contributed by atoms with van der Waals surface area (Å²) in [6.07, 6.45) is 2.64. The van der Waals surface area contributed by atoms with Crippen LogP contribution in [-0.2, 0) is 0 Å². The lowest BCUT2D eigenvalue weighted by Gasteiger charge is -2.14. The predicted molar refractivity (Wildman–Crippen MR) is 43.8 cm³/mol. The molecule has 0 spiro atoms. The van der Waals surface area contributed by atoms with Crippen molar-refractivity contribution in [2.45, 2.75) is 19.8 Å². The Hall–Kier alpha value is -0.0800. The molecule has 2 unspecified atom stereocenters. The molecule has 3 N–H and O–H groups in total. The quantitative estimate of drug-likeness (QED) is 0.605. The van der Waals surface area contributed by atoms with Crippen LogP contribution in [0.2, 0.25) is 0 Å². The van der Waals surface area contributed by atoms with Crippen LogP contribution in [0.15, 0.2) is 0 Å². The third-order valence-electron chi connectivity index (χ3n) is 2.44.